The van der Waals surface area contributed by atoms with Gasteiger partial charge in [0.2, 0.25) is 5.91 Å². The number of para-hydroxylation sites is 1. The third-order valence-corrected chi connectivity index (χ3v) is 9.71. The van der Waals surface area contributed by atoms with Crippen molar-refractivity contribution in [3.63, 3.8) is 0 Å². The monoisotopic (exact) mass is 468 g/mol. The number of carbonyl (C=O) groups excluding carboxylic acids is 1. The molecule has 1 spiro atoms. The van der Waals surface area contributed by atoms with Crippen molar-refractivity contribution < 1.29 is 4.79 Å². The maximum Gasteiger partial charge on any atom is 0.250 e. The van der Waals surface area contributed by atoms with Crippen molar-refractivity contribution >= 4 is 11.6 Å². The van der Waals surface area contributed by atoms with E-state index >= 15 is 0 Å². The molecule has 5 heteroatoms. The van der Waals surface area contributed by atoms with Crippen molar-refractivity contribution in [1.29, 1.82) is 0 Å². The number of hydrogen-bond donors (Lipinski definition) is 1. The maximum atomic E-state index is 13.6. The van der Waals surface area contributed by atoms with E-state index in [4.69, 9.17) is 0 Å². The zero-order chi connectivity index (χ0) is 24.3. The molecule has 5 aliphatic rings. The van der Waals surface area contributed by atoms with Crippen LogP contribution in [0.25, 0.3) is 0 Å². The van der Waals surface area contributed by atoms with E-state index in [1.807, 2.05) is 20.9 Å². The van der Waals surface area contributed by atoms with Crippen LogP contribution in [0.5, 0.6) is 0 Å². The second kappa shape index (κ2) is 10.6. The van der Waals surface area contributed by atoms with Gasteiger partial charge in [-0.1, -0.05) is 45.9 Å². The molecule has 5 nitrogen and oxygen atoms in total. The average Bonchev–Trinajstić information content (AvgIpc) is 3.15. The van der Waals surface area contributed by atoms with Gasteiger partial charge in [0.15, 0.2) is 0 Å². The van der Waals surface area contributed by atoms with Gasteiger partial charge >= 0.3 is 0 Å². The van der Waals surface area contributed by atoms with Crippen molar-refractivity contribution in [2.45, 2.75) is 71.8 Å². The molecule has 3 atom stereocenters. The molecule has 2 bridgehead atoms. The molecule has 2 saturated heterocycles. The molecule has 1 amide bonds. The van der Waals surface area contributed by atoms with Crippen LogP contribution in [0.3, 0.4) is 0 Å². The SMILES string of the molecule is CC.CNCCN1CN(c2ccccc2)C2(CCN(CCC3CCC4CC3C4(C)C)CC2)C1=O. The van der Waals surface area contributed by atoms with Crippen molar-refractivity contribution in [2.24, 2.45) is 23.2 Å². The van der Waals surface area contributed by atoms with E-state index in [1.54, 1.807) is 0 Å². The predicted molar refractivity (Wildman–Crippen MR) is 142 cm³/mol. The quantitative estimate of drug-likeness (QED) is 0.622. The topological polar surface area (TPSA) is 38.8 Å². The lowest BCUT2D eigenvalue weighted by Crippen LogP contribution is -2.57. The Morgan fingerprint density at radius 2 is 1.74 bits per heavy atom. The minimum absolute atomic E-state index is 0.339. The molecule has 1 aromatic rings. The molecule has 0 radical (unpaired) electrons. The van der Waals surface area contributed by atoms with Gasteiger partial charge in [-0.25, -0.2) is 0 Å². The molecule has 3 aliphatic carbocycles. The van der Waals surface area contributed by atoms with Gasteiger partial charge < -0.3 is 20.0 Å². The van der Waals surface area contributed by atoms with Crippen LogP contribution in [0, 0.1) is 23.2 Å². The third kappa shape index (κ3) is 4.51. The molecule has 6 rings (SSSR count). The second-order valence-corrected chi connectivity index (χ2v) is 11.4. The second-order valence-electron chi connectivity index (χ2n) is 11.4. The number of carbonyl (C=O) groups is 1. The number of anilines is 1. The van der Waals surface area contributed by atoms with Gasteiger partial charge in [0.25, 0.3) is 0 Å². The van der Waals surface area contributed by atoms with Crippen LogP contribution in [-0.2, 0) is 4.79 Å². The van der Waals surface area contributed by atoms with Crippen molar-refractivity contribution in [2.75, 3.05) is 51.3 Å². The highest BCUT2D eigenvalue weighted by atomic mass is 16.2. The summed E-state index contributed by atoms with van der Waals surface area (Å²) in [7, 11) is 1.96. The summed E-state index contributed by atoms with van der Waals surface area (Å²) in [5.41, 5.74) is 1.41. The molecule has 1 aromatic carbocycles. The fourth-order valence-electron chi connectivity index (χ4n) is 7.42. The van der Waals surface area contributed by atoms with Gasteiger partial charge in [-0.2, -0.15) is 0 Å². The summed E-state index contributed by atoms with van der Waals surface area (Å²) in [5, 5.41) is 3.21. The Hall–Kier alpha value is -1.59. The van der Waals surface area contributed by atoms with Crippen LogP contribution in [-0.4, -0.2) is 67.7 Å². The fraction of sp³-hybridized carbons (Fsp3) is 0.759. The van der Waals surface area contributed by atoms with E-state index in [1.165, 1.54) is 37.9 Å². The molecule has 190 valence electrons. The Bertz CT molecular complexity index is 800. The lowest BCUT2D eigenvalue weighted by molar-refractivity contribution is -0.133. The Morgan fingerprint density at radius 1 is 1.03 bits per heavy atom. The number of nitrogens with one attached hydrogen (secondary N) is 1. The van der Waals surface area contributed by atoms with E-state index in [0.29, 0.717) is 18.0 Å². The maximum absolute atomic E-state index is 13.6. The van der Waals surface area contributed by atoms with Gasteiger partial charge in [-0.3, -0.25) is 4.79 Å². The van der Waals surface area contributed by atoms with E-state index < -0.39 is 0 Å². The van der Waals surface area contributed by atoms with E-state index in [0.717, 1.165) is 56.8 Å². The standard InChI is InChI=1S/C27H42N4O.C2H6/c1-26(2)22-10-9-21(24(26)19-22)11-15-29-16-12-27(13-17-29)25(32)30(18-14-28-3)20-31(27)23-7-5-4-6-8-23;1-2/h4-8,21-22,24,28H,9-20H2,1-3H3;1-2H3. The third-order valence-electron chi connectivity index (χ3n) is 9.71. The van der Waals surface area contributed by atoms with Crippen LogP contribution < -0.4 is 10.2 Å². The van der Waals surface area contributed by atoms with Crippen LogP contribution in [0.4, 0.5) is 5.69 Å². The lowest BCUT2D eigenvalue weighted by Gasteiger charge is -2.60. The first kappa shape index (κ1) is 25.5. The summed E-state index contributed by atoms with van der Waals surface area (Å²) >= 11 is 0. The molecule has 34 heavy (non-hydrogen) atoms. The van der Waals surface area contributed by atoms with Gasteiger partial charge in [0.1, 0.15) is 5.54 Å². The van der Waals surface area contributed by atoms with Crippen LogP contribution in [0.2, 0.25) is 0 Å². The Morgan fingerprint density at radius 3 is 2.35 bits per heavy atom. The molecular formula is C29H48N4O. The zero-order valence-electron chi connectivity index (χ0n) is 22.4. The number of benzene rings is 1. The number of fused-ring (bicyclic) bond motifs is 2. The fourth-order valence-corrected chi connectivity index (χ4v) is 7.42. The first-order valence-corrected chi connectivity index (χ1v) is 13.9. The van der Waals surface area contributed by atoms with Gasteiger partial charge in [-0.15, -0.1) is 0 Å². The largest absolute Gasteiger partial charge is 0.339 e. The normalized spacial score (nSPS) is 29.6. The minimum atomic E-state index is -0.361. The van der Waals surface area contributed by atoms with Gasteiger partial charge in [-0.05, 0) is 87.4 Å². The molecule has 1 N–H and O–H groups in total. The average molecular weight is 469 g/mol. The minimum Gasteiger partial charge on any atom is -0.339 e. The number of amides is 1. The number of likely N-dealkylation sites (N-methyl/N-ethyl adjacent to an activating group) is 1. The summed E-state index contributed by atoms with van der Waals surface area (Å²) in [6.45, 7) is 14.6. The van der Waals surface area contributed by atoms with Crippen LogP contribution in [0.15, 0.2) is 30.3 Å². The molecule has 2 heterocycles. The summed E-state index contributed by atoms with van der Waals surface area (Å²) in [5.74, 6) is 3.19. The lowest BCUT2D eigenvalue weighted by atomic mass is 9.45. The number of likely N-dealkylation sites (tertiary alicyclic amines) is 1. The zero-order valence-corrected chi connectivity index (χ0v) is 22.4. The molecule has 3 unspecified atom stereocenters. The van der Waals surface area contributed by atoms with Crippen molar-refractivity contribution in [1.82, 2.24) is 15.1 Å². The van der Waals surface area contributed by atoms with E-state index in [-0.39, 0.29) is 5.54 Å². The first-order chi connectivity index (χ1) is 16.5. The number of hydrogen-bond acceptors (Lipinski definition) is 4. The molecule has 5 fully saturated rings. The molecule has 2 aliphatic heterocycles. The molecular weight excluding hydrogens is 420 g/mol. The van der Waals surface area contributed by atoms with E-state index in [9.17, 15) is 4.79 Å². The van der Waals surface area contributed by atoms with E-state index in [2.05, 4.69) is 64.2 Å². The first-order valence-electron chi connectivity index (χ1n) is 13.9. The number of piperidine rings is 1. The number of nitrogens with zero attached hydrogens (tertiary/aromatic N) is 3. The molecule has 0 aromatic heterocycles. The van der Waals surface area contributed by atoms with Crippen molar-refractivity contribution in [3.8, 4) is 0 Å². The Balaban J connectivity index is 0.00000133. The smallest absolute Gasteiger partial charge is 0.250 e. The van der Waals surface area contributed by atoms with Crippen molar-refractivity contribution in [3.05, 3.63) is 30.3 Å². The highest BCUT2D eigenvalue weighted by molar-refractivity contribution is 5.93. The van der Waals surface area contributed by atoms with Crippen LogP contribution >= 0.6 is 0 Å². The predicted octanol–water partition coefficient (Wildman–Crippen LogP) is 4.84. The highest BCUT2D eigenvalue weighted by Gasteiger charge is 2.55. The Labute approximate surface area is 208 Å². The Kier molecular flexibility index (Phi) is 7.93. The summed E-state index contributed by atoms with van der Waals surface area (Å²) in [6.07, 6.45) is 7.59. The summed E-state index contributed by atoms with van der Waals surface area (Å²) < 4.78 is 0. The number of rotatable bonds is 7. The summed E-state index contributed by atoms with van der Waals surface area (Å²) in [6, 6.07) is 10.6. The summed E-state index contributed by atoms with van der Waals surface area (Å²) in [4.78, 5) is 20.8. The van der Waals surface area contributed by atoms with Gasteiger partial charge in [0, 0.05) is 31.9 Å². The van der Waals surface area contributed by atoms with Gasteiger partial charge in [0.05, 0.1) is 6.67 Å². The molecule has 3 saturated carbocycles. The van der Waals surface area contributed by atoms with Crippen LogP contribution in [0.1, 0.15) is 66.2 Å². The highest BCUT2D eigenvalue weighted by Crippen LogP contribution is 2.62.